The van der Waals surface area contributed by atoms with E-state index in [0.29, 0.717) is 0 Å². The third-order valence-electron chi connectivity index (χ3n) is 12.0. The molecule has 0 amide bonds. The highest BCUT2D eigenvalue weighted by atomic mass is 14.2. The van der Waals surface area contributed by atoms with Gasteiger partial charge in [-0.1, -0.05) is 200 Å². The lowest BCUT2D eigenvalue weighted by atomic mass is 9.81. The van der Waals surface area contributed by atoms with Gasteiger partial charge in [0, 0.05) is 0 Å². The van der Waals surface area contributed by atoms with Crippen LogP contribution < -0.4 is 0 Å². The van der Waals surface area contributed by atoms with Crippen LogP contribution in [0.5, 0.6) is 0 Å². The Morgan fingerprint density at radius 1 is 0.228 bits per heavy atom. The molecule has 0 bridgehead atoms. The summed E-state index contributed by atoms with van der Waals surface area (Å²) >= 11 is 0. The van der Waals surface area contributed by atoms with E-state index in [1.54, 1.807) is 0 Å². The lowest BCUT2D eigenvalue weighted by molar-refractivity contribution is 1.47. The van der Waals surface area contributed by atoms with Crippen molar-refractivity contribution in [1.82, 2.24) is 0 Å². The van der Waals surface area contributed by atoms with Gasteiger partial charge in [-0.2, -0.15) is 0 Å². The summed E-state index contributed by atoms with van der Waals surface area (Å²) in [5, 5.41) is 12.5. The van der Waals surface area contributed by atoms with Crippen molar-refractivity contribution in [3.63, 3.8) is 0 Å². The van der Waals surface area contributed by atoms with Crippen LogP contribution in [0.2, 0.25) is 0 Å². The average Bonchev–Trinajstić information content (AvgIpc) is 3.27. The summed E-state index contributed by atoms with van der Waals surface area (Å²) in [7, 11) is 0. The molecule has 0 saturated carbocycles. The topological polar surface area (TPSA) is 0 Å². The van der Waals surface area contributed by atoms with Gasteiger partial charge in [-0.05, 0) is 134 Å². The van der Waals surface area contributed by atoms with Crippen LogP contribution in [0.25, 0.3) is 109 Å². The molecule has 0 aromatic heterocycles. The van der Waals surface area contributed by atoms with Crippen LogP contribution in [0, 0.1) is 6.92 Å². The molecule has 11 aromatic carbocycles. The van der Waals surface area contributed by atoms with Crippen molar-refractivity contribution < 1.29 is 0 Å². The first-order chi connectivity index (χ1) is 28.2. The molecule has 0 radical (unpaired) electrons. The quantitative estimate of drug-likeness (QED) is 0.155. The lowest BCUT2D eigenvalue weighted by Crippen LogP contribution is -1.95. The van der Waals surface area contributed by atoms with Gasteiger partial charge in [-0.25, -0.2) is 0 Å². The van der Waals surface area contributed by atoms with Crippen molar-refractivity contribution in [2.75, 3.05) is 0 Å². The van der Waals surface area contributed by atoms with Crippen LogP contribution in [0.15, 0.2) is 212 Å². The largest absolute Gasteiger partial charge is 0.0620 e. The van der Waals surface area contributed by atoms with Gasteiger partial charge in [0.25, 0.3) is 0 Å². The SMILES string of the molecule is Cc1ccccc1-c1c2cc(-c3cccc4ccccc34)ccc2c(-c2ccccc2-c2cccc3ccccc23)c2cc(-c3cccc4ccccc34)ccc12. The van der Waals surface area contributed by atoms with E-state index in [-0.39, 0.29) is 0 Å². The van der Waals surface area contributed by atoms with Crippen LogP contribution in [-0.4, -0.2) is 0 Å². The Hall–Kier alpha value is -7.28. The molecule has 0 fully saturated rings. The zero-order chi connectivity index (χ0) is 37.9. The molecule has 0 nitrogen and oxygen atoms in total. The Morgan fingerprint density at radius 2 is 0.596 bits per heavy atom. The molecule has 0 spiro atoms. The highest BCUT2D eigenvalue weighted by molar-refractivity contribution is 6.24. The predicted octanol–water partition coefficient (Wildman–Crippen LogP) is 16.1. The van der Waals surface area contributed by atoms with Crippen LogP contribution in [0.3, 0.4) is 0 Å². The number of fused-ring (bicyclic) bond motifs is 5. The monoisotopic (exact) mass is 722 g/mol. The Labute approximate surface area is 332 Å². The molecule has 0 heterocycles. The van der Waals surface area contributed by atoms with Gasteiger partial charge in [-0.15, -0.1) is 0 Å². The average molecular weight is 723 g/mol. The van der Waals surface area contributed by atoms with E-state index >= 15 is 0 Å². The summed E-state index contributed by atoms with van der Waals surface area (Å²) in [6.07, 6.45) is 0. The molecule has 0 unspecified atom stereocenters. The van der Waals surface area contributed by atoms with Crippen molar-refractivity contribution in [3.8, 4) is 55.6 Å². The van der Waals surface area contributed by atoms with Crippen molar-refractivity contribution in [3.05, 3.63) is 218 Å². The standard InChI is InChI=1S/C57H38/c1-37-15-2-6-22-43(37)56-52-33-31-42(48-29-13-20-39-17-4-8-24-45(39)48)36-55(52)57(51-27-11-10-26-50(51)49-30-14-21-40-18-5-9-25-46(40)49)53-34-32-41(35-54(53)56)47-28-12-19-38-16-3-7-23-44(38)47/h2-36H,1H3. The van der Waals surface area contributed by atoms with Gasteiger partial charge >= 0.3 is 0 Å². The number of hydrogen-bond acceptors (Lipinski definition) is 0. The second-order valence-corrected chi connectivity index (χ2v) is 15.2. The second kappa shape index (κ2) is 13.5. The minimum Gasteiger partial charge on any atom is -0.0620 e. The van der Waals surface area contributed by atoms with Gasteiger partial charge < -0.3 is 0 Å². The van der Waals surface area contributed by atoms with E-state index in [4.69, 9.17) is 0 Å². The number of rotatable bonds is 5. The highest BCUT2D eigenvalue weighted by Gasteiger charge is 2.22. The zero-order valence-corrected chi connectivity index (χ0v) is 31.7. The van der Waals surface area contributed by atoms with Gasteiger partial charge in [-0.3, -0.25) is 0 Å². The first-order valence-electron chi connectivity index (χ1n) is 19.8. The maximum atomic E-state index is 2.46. The Morgan fingerprint density at radius 3 is 1.12 bits per heavy atom. The molecule has 0 aliphatic heterocycles. The fourth-order valence-corrected chi connectivity index (χ4v) is 9.35. The van der Waals surface area contributed by atoms with E-state index in [1.807, 2.05) is 0 Å². The Balaban J connectivity index is 1.31. The molecule has 266 valence electrons. The molecule has 0 aliphatic carbocycles. The van der Waals surface area contributed by atoms with Crippen LogP contribution in [0.1, 0.15) is 5.56 Å². The summed E-state index contributed by atoms with van der Waals surface area (Å²) in [5.41, 5.74) is 13.7. The van der Waals surface area contributed by atoms with Crippen LogP contribution in [0.4, 0.5) is 0 Å². The van der Waals surface area contributed by atoms with E-state index in [2.05, 4.69) is 219 Å². The molecule has 0 saturated heterocycles. The van der Waals surface area contributed by atoms with E-state index in [1.165, 1.54) is 115 Å². The Kier molecular flexibility index (Phi) is 7.83. The van der Waals surface area contributed by atoms with Crippen molar-refractivity contribution in [2.45, 2.75) is 6.92 Å². The molecule has 11 aromatic rings. The summed E-state index contributed by atoms with van der Waals surface area (Å²) in [5.74, 6) is 0. The molecule has 0 aliphatic rings. The zero-order valence-electron chi connectivity index (χ0n) is 31.7. The fraction of sp³-hybridized carbons (Fsp3) is 0.0175. The summed E-state index contributed by atoms with van der Waals surface area (Å²) in [4.78, 5) is 0. The van der Waals surface area contributed by atoms with Crippen LogP contribution in [-0.2, 0) is 0 Å². The summed E-state index contributed by atoms with van der Waals surface area (Å²) in [6, 6.07) is 78.6. The first kappa shape index (κ1) is 33.1. The minimum atomic E-state index is 1.21. The molecular formula is C57H38. The molecule has 0 N–H and O–H groups in total. The summed E-state index contributed by atoms with van der Waals surface area (Å²) < 4.78 is 0. The highest BCUT2D eigenvalue weighted by Crippen LogP contribution is 2.49. The third-order valence-corrected chi connectivity index (χ3v) is 12.0. The van der Waals surface area contributed by atoms with Crippen molar-refractivity contribution >= 4 is 53.9 Å². The molecular weight excluding hydrogens is 685 g/mol. The van der Waals surface area contributed by atoms with E-state index in [0.717, 1.165) is 0 Å². The van der Waals surface area contributed by atoms with E-state index < -0.39 is 0 Å². The second-order valence-electron chi connectivity index (χ2n) is 15.2. The number of aryl methyl sites for hydroxylation is 1. The van der Waals surface area contributed by atoms with Gasteiger partial charge in [0.15, 0.2) is 0 Å². The first-order valence-corrected chi connectivity index (χ1v) is 19.8. The van der Waals surface area contributed by atoms with Crippen molar-refractivity contribution in [2.24, 2.45) is 0 Å². The number of benzene rings is 11. The Bertz CT molecular complexity index is 3350. The van der Waals surface area contributed by atoms with Gasteiger partial charge in [0.2, 0.25) is 0 Å². The van der Waals surface area contributed by atoms with E-state index in [9.17, 15) is 0 Å². The maximum Gasteiger partial charge on any atom is -0.00199 e. The minimum absolute atomic E-state index is 1.21. The van der Waals surface area contributed by atoms with Crippen LogP contribution >= 0.6 is 0 Å². The van der Waals surface area contributed by atoms with Crippen molar-refractivity contribution in [1.29, 1.82) is 0 Å². The van der Waals surface area contributed by atoms with Gasteiger partial charge in [0.05, 0.1) is 0 Å². The normalized spacial score (nSPS) is 11.6. The smallest absolute Gasteiger partial charge is 0.00199 e. The van der Waals surface area contributed by atoms with Gasteiger partial charge in [0.1, 0.15) is 0 Å². The molecule has 0 atom stereocenters. The maximum absolute atomic E-state index is 2.46. The lowest BCUT2D eigenvalue weighted by Gasteiger charge is -2.22. The fourth-order valence-electron chi connectivity index (χ4n) is 9.35. The summed E-state index contributed by atoms with van der Waals surface area (Å²) in [6.45, 7) is 2.25. The molecule has 57 heavy (non-hydrogen) atoms. The molecule has 0 heteroatoms. The molecule has 11 rings (SSSR count). The third kappa shape index (κ3) is 5.45. The predicted molar refractivity (Wildman–Crippen MR) is 246 cm³/mol. The number of hydrogen-bond donors (Lipinski definition) is 0.